The second-order valence-electron chi connectivity index (χ2n) is 5.67. The Kier molecular flexibility index (Phi) is 3.78. The Labute approximate surface area is 145 Å². The molecule has 0 saturated heterocycles. The predicted molar refractivity (Wildman–Crippen MR) is 94.8 cm³/mol. The lowest BCUT2D eigenvalue weighted by atomic mass is 10.0. The van der Waals surface area contributed by atoms with Crippen LogP contribution in [0, 0.1) is 0 Å². The molecular weight excluding hydrogens is 322 g/mol. The molecule has 5 nitrogen and oxygen atoms in total. The van der Waals surface area contributed by atoms with Gasteiger partial charge in [-0.25, -0.2) is 0 Å². The van der Waals surface area contributed by atoms with E-state index in [1.165, 1.54) is 5.56 Å². The highest BCUT2D eigenvalue weighted by molar-refractivity contribution is 6.31. The number of hydrogen-bond acceptors (Lipinski definition) is 4. The van der Waals surface area contributed by atoms with Gasteiger partial charge in [0.15, 0.2) is 0 Å². The number of aromatic nitrogens is 4. The number of tetrazole rings is 1. The molecule has 3 aromatic rings. The van der Waals surface area contributed by atoms with Crippen molar-refractivity contribution in [3.05, 3.63) is 76.3 Å². The largest absolute Gasteiger partial charge is 0.323 e. The maximum Gasteiger partial charge on any atom is 0.248 e. The summed E-state index contributed by atoms with van der Waals surface area (Å²) in [6.45, 7) is 2.15. The van der Waals surface area contributed by atoms with Gasteiger partial charge in [0.2, 0.25) is 5.95 Å². The fourth-order valence-electron chi connectivity index (χ4n) is 2.88. The highest BCUT2D eigenvalue weighted by atomic mass is 35.5. The Morgan fingerprint density at radius 2 is 1.92 bits per heavy atom. The van der Waals surface area contributed by atoms with E-state index in [4.69, 9.17) is 11.6 Å². The molecule has 1 aliphatic heterocycles. The number of nitrogens with one attached hydrogen (secondary N) is 1. The third-order valence-corrected chi connectivity index (χ3v) is 4.57. The highest BCUT2D eigenvalue weighted by Gasteiger charge is 2.25. The van der Waals surface area contributed by atoms with Crippen LogP contribution in [0.2, 0.25) is 5.02 Å². The van der Waals surface area contributed by atoms with Crippen LogP contribution in [0.3, 0.4) is 0 Å². The number of aryl methyl sites for hydroxylation is 1. The zero-order valence-electron chi connectivity index (χ0n) is 13.1. The van der Waals surface area contributed by atoms with Gasteiger partial charge < -0.3 is 5.32 Å². The van der Waals surface area contributed by atoms with Crippen LogP contribution in [0.1, 0.15) is 29.7 Å². The Morgan fingerprint density at radius 3 is 2.67 bits per heavy atom. The Hall–Kier alpha value is -2.66. The van der Waals surface area contributed by atoms with Crippen molar-refractivity contribution in [1.29, 1.82) is 0 Å². The van der Waals surface area contributed by atoms with E-state index < -0.39 is 0 Å². The minimum Gasteiger partial charge on any atom is -0.323 e. The van der Waals surface area contributed by atoms with E-state index in [1.807, 2.05) is 24.3 Å². The van der Waals surface area contributed by atoms with Gasteiger partial charge in [-0.2, -0.15) is 4.68 Å². The zero-order chi connectivity index (χ0) is 16.5. The molecular formula is C18H16ClN5. The molecule has 1 aliphatic rings. The van der Waals surface area contributed by atoms with Crippen LogP contribution in [-0.2, 0) is 6.42 Å². The van der Waals surface area contributed by atoms with Gasteiger partial charge >= 0.3 is 0 Å². The summed E-state index contributed by atoms with van der Waals surface area (Å²) in [4.78, 5) is 0. The summed E-state index contributed by atoms with van der Waals surface area (Å²) >= 11 is 6.39. The Morgan fingerprint density at radius 1 is 1.12 bits per heavy atom. The molecule has 0 spiro atoms. The summed E-state index contributed by atoms with van der Waals surface area (Å²) in [5.74, 6) is 0.608. The summed E-state index contributed by atoms with van der Waals surface area (Å²) in [5.41, 5.74) is 4.35. The van der Waals surface area contributed by atoms with Crippen LogP contribution in [0.25, 0.3) is 5.70 Å². The van der Waals surface area contributed by atoms with Gasteiger partial charge in [-0.1, -0.05) is 66.1 Å². The maximum atomic E-state index is 6.39. The summed E-state index contributed by atoms with van der Waals surface area (Å²) < 4.78 is 1.74. The average molecular weight is 338 g/mol. The smallest absolute Gasteiger partial charge is 0.248 e. The van der Waals surface area contributed by atoms with E-state index in [2.05, 4.69) is 58.1 Å². The summed E-state index contributed by atoms with van der Waals surface area (Å²) in [5, 5.41) is 16.0. The fraction of sp³-hybridized carbons (Fsp3) is 0.167. The van der Waals surface area contributed by atoms with Gasteiger partial charge in [0.25, 0.3) is 0 Å². The van der Waals surface area contributed by atoms with E-state index in [0.29, 0.717) is 11.0 Å². The van der Waals surface area contributed by atoms with E-state index in [0.717, 1.165) is 23.2 Å². The van der Waals surface area contributed by atoms with Crippen molar-refractivity contribution < 1.29 is 0 Å². The molecule has 1 aromatic heterocycles. The molecule has 120 valence electrons. The molecule has 24 heavy (non-hydrogen) atoms. The van der Waals surface area contributed by atoms with E-state index in [9.17, 15) is 0 Å². The third kappa shape index (κ3) is 2.57. The molecule has 0 radical (unpaired) electrons. The average Bonchev–Trinajstić information content (AvgIpc) is 3.10. The zero-order valence-corrected chi connectivity index (χ0v) is 13.9. The van der Waals surface area contributed by atoms with Crippen molar-refractivity contribution in [1.82, 2.24) is 20.2 Å². The first-order chi connectivity index (χ1) is 11.8. The molecule has 2 heterocycles. The minimum absolute atomic E-state index is 0.147. The Bertz CT molecular complexity index is 898. The van der Waals surface area contributed by atoms with Crippen molar-refractivity contribution in [2.45, 2.75) is 19.4 Å². The summed E-state index contributed by atoms with van der Waals surface area (Å²) in [6, 6.07) is 16.1. The van der Waals surface area contributed by atoms with E-state index >= 15 is 0 Å². The van der Waals surface area contributed by atoms with E-state index in [-0.39, 0.29) is 6.04 Å². The number of anilines is 1. The van der Waals surface area contributed by atoms with Crippen molar-refractivity contribution in [2.24, 2.45) is 0 Å². The number of fused-ring (bicyclic) bond motifs is 1. The molecule has 0 aliphatic carbocycles. The lowest BCUT2D eigenvalue weighted by Crippen LogP contribution is -2.20. The summed E-state index contributed by atoms with van der Waals surface area (Å²) in [6.07, 6.45) is 3.12. The molecule has 0 amide bonds. The van der Waals surface area contributed by atoms with Gasteiger partial charge in [-0.15, -0.1) is 0 Å². The molecule has 0 fully saturated rings. The fourth-order valence-corrected chi connectivity index (χ4v) is 3.13. The van der Waals surface area contributed by atoms with Crippen molar-refractivity contribution in [2.75, 3.05) is 5.32 Å². The van der Waals surface area contributed by atoms with Crippen LogP contribution in [0.5, 0.6) is 0 Å². The lowest BCUT2D eigenvalue weighted by molar-refractivity contribution is 0.586. The third-order valence-electron chi connectivity index (χ3n) is 4.22. The monoisotopic (exact) mass is 337 g/mol. The maximum absolute atomic E-state index is 6.39. The predicted octanol–water partition coefficient (Wildman–Crippen LogP) is 3.94. The van der Waals surface area contributed by atoms with Crippen LogP contribution in [0.15, 0.2) is 54.6 Å². The van der Waals surface area contributed by atoms with Gasteiger partial charge in [0.1, 0.15) is 6.04 Å². The second-order valence-corrected chi connectivity index (χ2v) is 6.08. The molecule has 1 atom stereocenters. The molecule has 0 bridgehead atoms. The standard InChI is InChI=1S/C18H16ClN5/c1-2-12-7-9-13(10-8-12)16-11-17(14-5-3-4-6-15(14)19)24-18(20-16)21-22-23-24/h3-11,17H,2H2,1H3,(H,20,21,23)/t17-/m1/s1. The lowest BCUT2D eigenvalue weighted by Gasteiger charge is -2.24. The molecule has 2 aromatic carbocycles. The second kappa shape index (κ2) is 6.09. The molecule has 4 rings (SSSR count). The number of halogens is 1. The van der Waals surface area contributed by atoms with Gasteiger partial charge in [0, 0.05) is 10.7 Å². The van der Waals surface area contributed by atoms with Crippen LogP contribution in [0.4, 0.5) is 5.95 Å². The van der Waals surface area contributed by atoms with Crippen molar-refractivity contribution in [3.8, 4) is 0 Å². The molecule has 0 saturated carbocycles. The molecule has 0 unspecified atom stereocenters. The Balaban J connectivity index is 1.80. The van der Waals surface area contributed by atoms with E-state index in [1.54, 1.807) is 4.68 Å². The first-order valence-electron chi connectivity index (χ1n) is 7.86. The van der Waals surface area contributed by atoms with Gasteiger partial charge in [0.05, 0.1) is 0 Å². The number of nitrogens with zero attached hydrogens (tertiary/aromatic N) is 4. The van der Waals surface area contributed by atoms with Crippen LogP contribution < -0.4 is 5.32 Å². The quantitative estimate of drug-likeness (QED) is 0.786. The van der Waals surface area contributed by atoms with Crippen LogP contribution >= 0.6 is 11.6 Å². The number of hydrogen-bond donors (Lipinski definition) is 1. The SMILES string of the molecule is CCc1ccc(C2=C[C@H](c3ccccc3Cl)n3nnnc3N2)cc1. The van der Waals surface area contributed by atoms with Crippen molar-refractivity contribution >= 4 is 23.2 Å². The first kappa shape index (κ1) is 14.9. The van der Waals surface area contributed by atoms with Gasteiger partial charge in [-0.3, -0.25) is 0 Å². The van der Waals surface area contributed by atoms with Crippen molar-refractivity contribution in [3.63, 3.8) is 0 Å². The summed E-state index contributed by atoms with van der Waals surface area (Å²) in [7, 11) is 0. The minimum atomic E-state index is -0.147. The number of rotatable bonds is 3. The van der Waals surface area contributed by atoms with Crippen LogP contribution in [-0.4, -0.2) is 20.2 Å². The number of benzene rings is 2. The highest BCUT2D eigenvalue weighted by Crippen LogP contribution is 2.34. The normalized spacial score (nSPS) is 16.2. The van der Waals surface area contributed by atoms with Gasteiger partial charge in [-0.05, 0) is 45.7 Å². The number of allylic oxidation sites excluding steroid dienone is 1. The molecule has 6 heteroatoms. The first-order valence-corrected chi connectivity index (χ1v) is 8.24. The molecule has 1 N–H and O–H groups in total. The topological polar surface area (TPSA) is 55.6 Å².